The predicted molar refractivity (Wildman–Crippen MR) is 75.5 cm³/mol. The topological polar surface area (TPSA) is 75.3 Å². The first-order valence-corrected chi connectivity index (χ1v) is 7.15. The van der Waals surface area contributed by atoms with E-state index in [0.717, 1.165) is 8.95 Å². The standard InChI is InChI=1S/C12H10Br2N2O3/c13-7-3-6(4-8(14)5-7)11(18)15-9-1-2-10(17)16-12(9)19/h3-5,9H,1-2H2,(H,15,18)(H,16,17,19). The Bertz CT molecular complexity index is 540. The van der Waals surface area contributed by atoms with E-state index in [0.29, 0.717) is 12.0 Å². The summed E-state index contributed by atoms with van der Waals surface area (Å²) in [4.78, 5) is 34.6. The van der Waals surface area contributed by atoms with Gasteiger partial charge in [0.05, 0.1) is 0 Å². The van der Waals surface area contributed by atoms with Crippen LogP contribution in [0.2, 0.25) is 0 Å². The summed E-state index contributed by atoms with van der Waals surface area (Å²) < 4.78 is 1.52. The molecule has 1 unspecified atom stereocenters. The maximum absolute atomic E-state index is 12.0. The zero-order valence-electron chi connectivity index (χ0n) is 9.70. The Morgan fingerprint density at radius 1 is 1.21 bits per heavy atom. The summed E-state index contributed by atoms with van der Waals surface area (Å²) in [6, 6.07) is 4.46. The minimum Gasteiger partial charge on any atom is -0.340 e. The molecular formula is C12H10Br2N2O3. The molecule has 0 bridgehead atoms. The summed E-state index contributed by atoms with van der Waals surface area (Å²) in [5.41, 5.74) is 0.436. The molecule has 1 aromatic rings. The van der Waals surface area contributed by atoms with Gasteiger partial charge in [-0.05, 0) is 24.6 Å². The van der Waals surface area contributed by atoms with Crippen molar-refractivity contribution in [2.75, 3.05) is 0 Å². The fraction of sp³-hybridized carbons (Fsp3) is 0.250. The highest BCUT2D eigenvalue weighted by Gasteiger charge is 2.28. The Kier molecular flexibility index (Phi) is 4.36. The van der Waals surface area contributed by atoms with Gasteiger partial charge in [-0.3, -0.25) is 19.7 Å². The molecule has 0 aliphatic carbocycles. The van der Waals surface area contributed by atoms with Gasteiger partial charge < -0.3 is 5.32 Å². The smallest absolute Gasteiger partial charge is 0.252 e. The molecule has 0 radical (unpaired) electrons. The average molecular weight is 390 g/mol. The maximum Gasteiger partial charge on any atom is 0.252 e. The van der Waals surface area contributed by atoms with Gasteiger partial charge in [-0.15, -0.1) is 0 Å². The summed E-state index contributed by atoms with van der Waals surface area (Å²) in [7, 11) is 0. The van der Waals surface area contributed by atoms with Crippen LogP contribution in [0.4, 0.5) is 0 Å². The van der Waals surface area contributed by atoms with Crippen LogP contribution in [-0.4, -0.2) is 23.8 Å². The molecule has 7 heteroatoms. The molecule has 1 atom stereocenters. The highest BCUT2D eigenvalue weighted by molar-refractivity contribution is 9.11. The third kappa shape index (κ3) is 3.63. The summed E-state index contributed by atoms with van der Waals surface area (Å²) in [5, 5.41) is 4.81. The Balaban J connectivity index is 2.08. The van der Waals surface area contributed by atoms with Crippen molar-refractivity contribution in [2.45, 2.75) is 18.9 Å². The van der Waals surface area contributed by atoms with E-state index in [1.54, 1.807) is 12.1 Å². The molecule has 1 aliphatic rings. The van der Waals surface area contributed by atoms with Crippen molar-refractivity contribution in [3.05, 3.63) is 32.7 Å². The maximum atomic E-state index is 12.0. The second kappa shape index (κ2) is 5.83. The minimum atomic E-state index is -0.664. The summed E-state index contributed by atoms with van der Waals surface area (Å²) in [5.74, 6) is -1.11. The number of amides is 3. The number of imide groups is 1. The molecule has 0 aromatic heterocycles. The van der Waals surface area contributed by atoms with Crippen molar-refractivity contribution >= 4 is 49.6 Å². The van der Waals surface area contributed by atoms with Crippen LogP contribution in [0.15, 0.2) is 27.1 Å². The van der Waals surface area contributed by atoms with E-state index in [9.17, 15) is 14.4 Å². The molecule has 100 valence electrons. The fourth-order valence-corrected chi connectivity index (χ4v) is 3.05. The van der Waals surface area contributed by atoms with Crippen molar-refractivity contribution < 1.29 is 14.4 Å². The largest absolute Gasteiger partial charge is 0.340 e. The number of nitrogens with one attached hydrogen (secondary N) is 2. The molecule has 19 heavy (non-hydrogen) atoms. The van der Waals surface area contributed by atoms with Crippen LogP contribution >= 0.6 is 31.9 Å². The van der Waals surface area contributed by atoms with Crippen LogP contribution in [0.1, 0.15) is 23.2 Å². The summed E-state index contributed by atoms with van der Waals surface area (Å²) in [6.07, 6.45) is 0.560. The lowest BCUT2D eigenvalue weighted by Gasteiger charge is -2.21. The van der Waals surface area contributed by atoms with Crippen molar-refractivity contribution in [3.8, 4) is 0 Å². The van der Waals surface area contributed by atoms with Gasteiger partial charge in [-0.2, -0.15) is 0 Å². The molecule has 1 aliphatic heterocycles. The first-order valence-electron chi connectivity index (χ1n) is 5.56. The lowest BCUT2D eigenvalue weighted by atomic mass is 10.1. The molecule has 2 N–H and O–H groups in total. The molecule has 1 heterocycles. The minimum absolute atomic E-state index is 0.235. The van der Waals surface area contributed by atoms with Gasteiger partial charge in [0.2, 0.25) is 11.8 Å². The molecule has 0 spiro atoms. The first-order chi connectivity index (χ1) is 8.95. The predicted octanol–water partition coefficient (Wildman–Crippen LogP) is 1.75. The second-order valence-corrected chi connectivity index (χ2v) is 5.97. The van der Waals surface area contributed by atoms with Crippen LogP contribution < -0.4 is 10.6 Å². The summed E-state index contributed by atoms with van der Waals surface area (Å²) in [6.45, 7) is 0. The van der Waals surface area contributed by atoms with Gasteiger partial charge in [0.15, 0.2) is 0 Å². The van der Waals surface area contributed by atoms with Crippen molar-refractivity contribution in [1.82, 2.24) is 10.6 Å². The van der Waals surface area contributed by atoms with E-state index in [1.807, 2.05) is 6.07 Å². The van der Waals surface area contributed by atoms with Crippen LogP contribution in [0, 0.1) is 0 Å². The molecule has 1 fully saturated rings. The van der Waals surface area contributed by atoms with Crippen LogP contribution in [-0.2, 0) is 9.59 Å². The number of carbonyl (C=O) groups is 3. The zero-order chi connectivity index (χ0) is 14.0. The summed E-state index contributed by atoms with van der Waals surface area (Å²) >= 11 is 6.58. The lowest BCUT2D eigenvalue weighted by molar-refractivity contribution is -0.134. The van der Waals surface area contributed by atoms with E-state index in [2.05, 4.69) is 42.5 Å². The van der Waals surface area contributed by atoms with E-state index in [1.165, 1.54) is 0 Å². The number of hydrogen-bond donors (Lipinski definition) is 2. The molecular weight excluding hydrogens is 380 g/mol. The molecule has 1 saturated heterocycles. The Labute approximate surface area is 126 Å². The van der Waals surface area contributed by atoms with E-state index < -0.39 is 11.9 Å². The van der Waals surface area contributed by atoms with E-state index in [-0.39, 0.29) is 18.2 Å². The highest BCUT2D eigenvalue weighted by Crippen LogP contribution is 2.20. The zero-order valence-corrected chi connectivity index (χ0v) is 12.9. The Morgan fingerprint density at radius 3 is 2.42 bits per heavy atom. The SMILES string of the molecule is O=C1CCC(NC(=O)c2cc(Br)cc(Br)c2)C(=O)N1. The lowest BCUT2D eigenvalue weighted by Crippen LogP contribution is -2.52. The Hall–Kier alpha value is -1.21. The third-order valence-electron chi connectivity index (χ3n) is 2.67. The van der Waals surface area contributed by atoms with Gasteiger partial charge in [-0.25, -0.2) is 0 Å². The van der Waals surface area contributed by atoms with Crippen molar-refractivity contribution in [2.24, 2.45) is 0 Å². The van der Waals surface area contributed by atoms with Gasteiger partial charge in [0.1, 0.15) is 6.04 Å². The molecule has 2 rings (SSSR count). The second-order valence-electron chi connectivity index (χ2n) is 4.14. The van der Waals surface area contributed by atoms with Crippen LogP contribution in [0.3, 0.4) is 0 Å². The molecule has 0 saturated carbocycles. The highest BCUT2D eigenvalue weighted by atomic mass is 79.9. The molecule has 5 nitrogen and oxygen atoms in total. The van der Waals surface area contributed by atoms with Crippen molar-refractivity contribution in [1.29, 1.82) is 0 Å². The molecule has 3 amide bonds. The normalized spacial score (nSPS) is 18.9. The monoisotopic (exact) mass is 388 g/mol. The Morgan fingerprint density at radius 2 is 1.84 bits per heavy atom. The van der Waals surface area contributed by atoms with Crippen LogP contribution in [0.25, 0.3) is 0 Å². The quantitative estimate of drug-likeness (QED) is 0.756. The van der Waals surface area contributed by atoms with Gasteiger partial charge in [0.25, 0.3) is 5.91 Å². The van der Waals surface area contributed by atoms with E-state index >= 15 is 0 Å². The molecule has 1 aromatic carbocycles. The third-order valence-corrected chi connectivity index (χ3v) is 3.58. The van der Waals surface area contributed by atoms with Gasteiger partial charge >= 0.3 is 0 Å². The fourth-order valence-electron chi connectivity index (χ4n) is 1.76. The first kappa shape index (κ1) is 14.2. The number of carbonyl (C=O) groups excluding carboxylic acids is 3. The number of rotatable bonds is 2. The number of halogens is 2. The number of hydrogen-bond acceptors (Lipinski definition) is 3. The van der Waals surface area contributed by atoms with Gasteiger partial charge in [0, 0.05) is 20.9 Å². The number of benzene rings is 1. The van der Waals surface area contributed by atoms with Gasteiger partial charge in [-0.1, -0.05) is 31.9 Å². The van der Waals surface area contributed by atoms with Crippen LogP contribution in [0.5, 0.6) is 0 Å². The van der Waals surface area contributed by atoms with Crippen molar-refractivity contribution in [3.63, 3.8) is 0 Å². The number of piperidine rings is 1. The van der Waals surface area contributed by atoms with E-state index in [4.69, 9.17) is 0 Å². The average Bonchev–Trinajstić information content (AvgIpc) is 2.31.